The third-order valence-electron chi connectivity index (χ3n) is 2.32. The molecule has 0 amide bonds. The van der Waals surface area contributed by atoms with Gasteiger partial charge in [0.25, 0.3) is 0 Å². The minimum absolute atomic E-state index is 0.214. The van der Waals surface area contributed by atoms with E-state index in [1.54, 1.807) is 0 Å². The predicted molar refractivity (Wildman–Crippen MR) is 64.4 cm³/mol. The molecule has 0 aliphatic rings. The van der Waals surface area contributed by atoms with E-state index in [4.69, 9.17) is 5.11 Å². The zero-order valence-electron chi connectivity index (χ0n) is 10.3. The number of allylic oxidation sites excluding steroid dienone is 2. The highest BCUT2D eigenvalue weighted by molar-refractivity contribution is 5.78. The fourth-order valence-corrected chi connectivity index (χ4v) is 1.42. The summed E-state index contributed by atoms with van der Waals surface area (Å²) in [6.45, 7) is 4.05. The molecule has 0 aromatic rings. The van der Waals surface area contributed by atoms with E-state index >= 15 is 0 Å². The molecular formula is C13H22O3. The Balaban J connectivity index is 3.37. The molecule has 0 bridgehead atoms. The molecule has 0 atom stereocenters. The van der Waals surface area contributed by atoms with Gasteiger partial charge in [-0.2, -0.15) is 0 Å². The molecule has 0 aromatic carbocycles. The number of unbranched alkanes of at least 4 members (excludes halogenated alkanes) is 2. The van der Waals surface area contributed by atoms with Crippen LogP contribution in [0.1, 0.15) is 58.8 Å². The topological polar surface area (TPSA) is 54.4 Å². The normalized spacial score (nSPS) is 9.88. The van der Waals surface area contributed by atoms with Crippen molar-refractivity contribution in [3.8, 4) is 0 Å². The number of rotatable bonds is 9. The van der Waals surface area contributed by atoms with Gasteiger partial charge in [-0.3, -0.25) is 9.59 Å². The summed E-state index contributed by atoms with van der Waals surface area (Å²) in [7, 11) is 0. The molecule has 0 saturated heterocycles. The van der Waals surface area contributed by atoms with Gasteiger partial charge in [-0.15, -0.1) is 0 Å². The number of hydrogen-bond donors (Lipinski definition) is 1. The summed E-state index contributed by atoms with van der Waals surface area (Å²) in [5.41, 5.74) is 1.24. The zero-order valence-corrected chi connectivity index (χ0v) is 10.3. The smallest absolute Gasteiger partial charge is 0.303 e. The van der Waals surface area contributed by atoms with Gasteiger partial charge in [-0.25, -0.2) is 0 Å². The highest BCUT2D eigenvalue weighted by Crippen LogP contribution is 2.07. The van der Waals surface area contributed by atoms with Crippen molar-refractivity contribution in [2.45, 2.75) is 58.8 Å². The molecule has 3 heteroatoms. The summed E-state index contributed by atoms with van der Waals surface area (Å²) in [6.07, 6.45) is 6.66. The molecule has 0 heterocycles. The van der Waals surface area contributed by atoms with Crippen LogP contribution in [0.15, 0.2) is 11.6 Å². The summed E-state index contributed by atoms with van der Waals surface area (Å²) in [4.78, 5) is 21.6. The van der Waals surface area contributed by atoms with Crippen molar-refractivity contribution in [2.24, 2.45) is 0 Å². The molecule has 1 N–H and O–H groups in total. The number of hydrogen-bond acceptors (Lipinski definition) is 2. The maximum Gasteiger partial charge on any atom is 0.303 e. The number of ketones is 1. The summed E-state index contributed by atoms with van der Waals surface area (Å²) in [6, 6.07) is 0. The number of carbonyl (C=O) groups excluding carboxylic acids is 1. The Morgan fingerprint density at radius 2 is 1.62 bits per heavy atom. The Labute approximate surface area is 97.5 Å². The number of carbonyl (C=O) groups is 2. The summed E-state index contributed by atoms with van der Waals surface area (Å²) in [5, 5.41) is 8.42. The van der Waals surface area contributed by atoms with Gasteiger partial charge in [0, 0.05) is 19.3 Å². The van der Waals surface area contributed by atoms with Crippen molar-refractivity contribution < 1.29 is 14.7 Å². The first-order valence-electron chi connectivity index (χ1n) is 5.89. The first-order chi connectivity index (χ1) is 7.52. The molecule has 0 fully saturated rings. The Morgan fingerprint density at radius 1 is 1.00 bits per heavy atom. The van der Waals surface area contributed by atoms with Gasteiger partial charge < -0.3 is 5.11 Å². The van der Waals surface area contributed by atoms with Crippen molar-refractivity contribution >= 4 is 11.8 Å². The fourth-order valence-electron chi connectivity index (χ4n) is 1.42. The van der Waals surface area contributed by atoms with E-state index in [9.17, 15) is 9.59 Å². The Bertz CT molecular complexity index is 250. The molecule has 0 aliphatic carbocycles. The van der Waals surface area contributed by atoms with E-state index in [1.807, 2.05) is 13.8 Å². The highest BCUT2D eigenvalue weighted by Gasteiger charge is 2.01. The van der Waals surface area contributed by atoms with E-state index in [0.717, 1.165) is 19.3 Å². The minimum Gasteiger partial charge on any atom is -0.481 e. The average molecular weight is 226 g/mol. The van der Waals surface area contributed by atoms with Crippen LogP contribution in [0.4, 0.5) is 0 Å². The lowest BCUT2D eigenvalue weighted by Gasteiger charge is -1.99. The van der Waals surface area contributed by atoms with Gasteiger partial charge in [0.1, 0.15) is 5.78 Å². The lowest BCUT2D eigenvalue weighted by atomic mass is 10.1. The number of aliphatic carboxylic acids is 1. The minimum atomic E-state index is -0.755. The van der Waals surface area contributed by atoms with Crippen LogP contribution in [0.5, 0.6) is 0 Å². The third-order valence-corrected chi connectivity index (χ3v) is 2.32. The molecule has 0 aromatic heterocycles. The molecule has 92 valence electrons. The Morgan fingerprint density at radius 3 is 2.19 bits per heavy atom. The molecule has 0 rings (SSSR count). The molecule has 0 saturated carbocycles. The van der Waals surface area contributed by atoms with Crippen LogP contribution < -0.4 is 0 Å². The van der Waals surface area contributed by atoms with Crippen LogP contribution in [0.3, 0.4) is 0 Å². The molecule has 3 nitrogen and oxygen atoms in total. The van der Waals surface area contributed by atoms with Gasteiger partial charge >= 0.3 is 5.97 Å². The lowest BCUT2D eigenvalue weighted by Crippen LogP contribution is -1.98. The second-order valence-corrected chi connectivity index (χ2v) is 4.31. The quantitative estimate of drug-likeness (QED) is 0.484. The van der Waals surface area contributed by atoms with E-state index in [-0.39, 0.29) is 12.2 Å². The fraction of sp³-hybridized carbons (Fsp3) is 0.692. The predicted octanol–water partition coefficient (Wildman–Crippen LogP) is 3.34. The number of Topliss-reactive ketones (excluding diaryl/α,β-unsaturated/α-hetero) is 1. The standard InChI is InChI=1S/C13H22O3/c1-11(2)7-6-9-12(14)8-4-3-5-10-13(15)16/h7H,3-6,8-10H2,1-2H3,(H,15,16). The molecule has 0 aliphatic heterocycles. The maximum absolute atomic E-state index is 11.4. The van der Waals surface area contributed by atoms with Gasteiger partial charge in [0.2, 0.25) is 0 Å². The first kappa shape index (κ1) is 14.9. The second kappa shape index (κ2) is 9.13. The van der Waals surface area contributed by atoms with Crippen molar-refractivity contribution in [2.75, 3.05) is 0 Å². The summed E-state index contributed by atoms with van der Waals surface area (Å²) < 4.78 is 0. The maximum atomic E-state index is 11.4. The molecule has 0 spiro atoms. The van der Waals surface area contributed by atoms with Crippen LogP contribution in [0.25, 0.3) is 0 Å². The highest BCUT2D eigenvalue weighted by atomic mass is 16.4. The van der Waals surface area contributed by atoms with E-state index in [1.165, 1.54) is 5.57 Å². The third kappa shape index (κ3) is 11.0. The van der Waals surface area contributed by atoms with Gasteiger partial charge in [-0.05, 0) is 33.1 Å². The van der Waals surface area contributed by atoms with Crippen LogP contribution in [0, 0.1) is 0 Å². The summed E-state index contributed by atoms with van der Waals surface area (Å²) >= 11 is 0. The first-order valence-corrected chi connectivity index (χ1v) is 5.89. The largest absolute Gasteiger partial charge is 0.481 e. The van der Waals surface area contributed by atoms with Crippen molar-refractivity contribution in [3.63, 3.8) is 0 Å². The molecular weight excluding hydrogens is 204 g/mol. The van der Waals surface area contributed by atoms with Crippen molar-refractivity contribution in [3.05, 3.63) is 11.6 Å². The number of carboxylic acids is 1. The van der Waals surface area contributed by atoms with Crippen LogP contribution in [-0.4, -0.2) is 16.9 Å². The van der Waals surface area contributed by atoms with Gasteiger partial charge in [0.15, 0.2) is 0 Å². The van der Waals surface area contributed by atoms with E-state index in [2.05, 4.69) is 6.08 Å². The molecule has 0 unspecified atom stereocenters. The van der Waals surface area contributed by atoms with E-state index < -0.39 is 5.97 Å². The Hall–Kier alpha value is -1.12. The van der Waals surface area contributed by atoms with Crippen molar-refractivity contribution in [1.82, 2.24) is 0 Å². The summed E-state index contributed by atoms with van der Waals surface area (Å²) in [5.74, 6) is -0.470. The number of carboxylic acid groups (broad SMARTS) is 1. The van der Waals surface area contributed by atoms with E-state index in [0.29, 0.717) is 19.3 Å². The Kier molecular flexibility index (Phi) is 8.49. The molecule has 0 radical (unpaired) electrons. The van der Waals surface area contributed by atoms with Crippen molar-refractivity contribution in [1.29, 1.82) is 0 Å². The van der Waals surface area contributed by atoms with Gasteiger partial charge in [0.05, 0.1) is 0 Å². The van der Waals surface area contributed by atoms with Crippen LogP contribution in [-0.2, 0) is 9.59 Å². The van der Waals surface area contributed by atoms with Crippen LogP contribution >= 0.6 is 0 Å². The monoisotopic (exact) mass is 226 g/mol. The molecule has 16 heavy (non-hydrogen) atoms. The lowest BCUT2D eigenvalue weighted by molar-refractivity contribution is -0.137. The van der Waals surface area contributed by atoms with Gasteiger partial charge in [-0.1, -0.05) is 18.1 Å². The van der Waals surface area contributed by atoms with Crippen LogP contribution in [0.2, 0.25) is 0 Å². The second-order valence-electron chi connectivity index (χ2n) is 4.31. The SMILES string of the molecule is CC(C)=CCCC(=O)CCCCCC(=O)O. The zero-order chi connectivity index (χ0) is 12.4. The average Bonchev–Trinajstić information content (AvgIpc) is 2.16.